The molecule has 1 saturated heterocycles. The van der Waals surface area contributed by atoms with E-state index >= 15 is 0 Å². The van der Waals surface area contributed by atoms with E-state index in [-0.39, 0.29) is 18.9 Å². The van der Waals surface area contributed by atoms with Gasteiger partial charge in [-0.1, -0.05) is 0 Å². The Bertz CT molecular complexity index is 155. The third-order valence-corrected chi connectivity index (χ3v) is 1.93. The highest BCUT2D eigenvalue weighted by Gasteiger charge is 2.21. The number of nitrogens with zero attached hydrogens (tertiary/aromatic N) is 1. The molecule has 1 heterocycles. The average Bonchev–Trinajstić information content (AvgIpc) is 2.06. The lowest BCUT2D eigenvalue weighted by atomic mass is 10.1. The standard InChI is InChI=1S/C7H14N2O3/c8-5-12-7(11)9-3-1-6(10)2-4-9/h6,10H,1-5,8H2. The molecule has 12 heavy (non-hydrogen) atoms. The summed E-state index contributed by atoms with van der Waals surface area (Å²) in [6.45, 7) is 1.03. The van der Waals surface area contributed by atoms with Crippen molar-refractivity contribution in [3.05, 3.63) is 0 Å². The Labute approximate surface area is 71.1 Å². The van der Waals surface area contributed by atoms with E-state index in [0.717, 1.165) is 0 Å². The average molecular weight is 174 g/mol. The number of aliphatic hydroxyl groups excluding tert-OH is 1. The number of rotatable bonds is 1. The molecule has 0 unspecified atom stereocenters. The number of likely N-dealkylation sites (tertiary alicyclic amines) is 1. The molecule has 1 amide bonds. The highest BCUT2D eigenvalue weighted by molar-refractivity contribution is 5.67. The van der Waals surface area contributed by atoms with E-state index in [1.54, 1.807) is 4.90 Å². The van der Waals surface area contributed by atoms with Crippen LogP contribution in [0.5, 0.6) is 0 Å². The van der Waals surface area contributed by atoms with Crippen LogP contribution < -0.4 is 5.73 Å². The van der Waals surface area contributed by atoms with Crippen molar-refractivity contribution in [1.82, 2.24) is 4.90 Å². The number of carbonyl (C=O) groups excluding carboxylic acids is 1. The molecule has 70 valence electrons. The molecule has 0 aromatic rings. The smallest absolute Gasteiger partial charge is 0.411 e. The van der Waals surface area contributed by atoms with E-state index in [4.69, 9.17) is 10.8 Å². The van der Waals surface area contributed by atoms with Crippen molar-refractivity contribution >= 4 is 6.09 Å². The number of aliphatic hydroxyl groups is 1. The first-order valence-corrected chi connectivity index (χ1v) is 4.04. The van der Waals surface area contributed by atoms with E-state index in [1.807, 2.05) is 0 Å². The maximum absolute atomic E-state index is 11.0. The first-order valence-electron chi connectivity index (χ1n) is 4.04. The van der Waals surface area contributed by atoms with Crippen LogP contribution >= 0.6 is 0 Å². The molecule has 0 aliphatic carbocycles. The normalized spacial score (nSPS) is 19.3. The number of piperidine rings is 1. The fourth-order valence-electron chi connectivity index (χ4n) is 1.21. The predicted molar refractivity (Wildman–Crippen MR) is 42.3 cm³/mol. The summed E-state index contributed by atoms with van der Waals surface area (Å²) in [7, 11) is 0. The quantitative estimate of drug-likeness (QED) is 0.525. The maximum Gasteiger partial charge on any atom is 0.411 e. The molecule has 1 aliphatic rings. The number of hydrogen-bond acceptors (Lipinski definition) is 4. The highest BCUT2D eigenvalue weighted by atomic mass is 16.6. The van der Waals surface area contributed by atoms with Crippen molar-refractivity contribution < 1.29 is 14.6 Å². The summed E-state index contributed by atoms with van der Waals surface area (Å²) in [6.07, 6.45) is 0.593. The Morgan fingerprint density at radius 2 is 2.17 bits per heavy atom. The molecule has 1 rings (SSSR count). The summed E-state index contributed by atoms with van der Waals surface area (Å²) in [4.78, 5) is 12.6. The van der Waals surface area contributed by atoms with Crippen molar-refractivity contribution in [3.8, 4) is 0 Å². The summed E-state index contributed by atoms with van der Waals surface area (Å²) in [6, 6.07) is 0. The highest BCUT2D eigenvalue weighted by Crippen LogP contribution is 2.10. The van der Waals surface area contributed by atoms with Crippen molar-refractivity contribution in [3.63, 3.8) is 0 Å². The predicted octanol–water partition coefficient (Wildman–Crippen LogP) is -0.504. The van der Waals surface area contributed by atoms with Crippen molar-refractivity contribution in [2.24, 2.45) is 5.73 Å². The van der Waals surface area contributed by atoms with E-state index in [2.05, 4.69) is 4.74 Å². The van der Waals surface area contributed by atoms with Crippen LogP contribution in [0.3, 0.4) is 0 Å². The molecule has 0 spiro atoms. The van der Waals surface area contributed by atoms with Crippen LogP contribution in [0.4, 0.5) is 4.79 Å². The molecule has 5 heteroatoms. The van der Waals surface area contributed by atoms with Gasteiger partial charge in [-0.15, -0.1) is 0 Å². The second-order valence-corrected chi connectivity index (χ2v) is 2.80. The van der Waals surface area contributed by atoms with Gasteiger partial charge in [0.2, 0.25) is 0 Å². The summed E-state index contributed by atoms with van der Waals surface area (Å²) in [5.41, 5.74) is 5.04. The van der Waals surface area contributed by atoms with E-state index in [1.165, 1.54) is 0 Å². The zero-order valence-electron chi connectivity index (χ0n) is 6.90. The molecule has 0 bridgehead atoms. The molecule has 0 atom stereocenters. The van der Waals surface area contributed by atoms with Crippen LogP contribution in [0.2, 0.25) is 0 Å². The van der Waals surface area contributed by atoms with Gasteiger partial charge in [-0.2, -0.15) is 0 Å². The van der Waals surface area contributed by atoms with Crippen LogP contribution in [0.15, 0.2) is 0 Å². The van der Waals surface area contributed by atoms with Gasteiger partial charge in [-0.05, 0) is 12.8 Å². The first kappa shape index (κ1) is 9.28. The zero-order valence-corrected chi connectivity index (χ0v) is 6.90. The monoisotopic (exact) mass is 174 g/mol. The van der Waals surface area contributed by atoms with Crippen molar-refractivity contribution in [2.45, 2.75) is 18.9 Å². The van der Waals surface area contributed by atoms with Gasteiger partial charge in [0.15, 0.2) is 0 Å². The minimum atomic E-state index is -0.385. The fourth-order valence-corrected chi connectivity index (χ4v) is 1.21. The fraction of sp³-hybridized carbons (Fsp3) is 0.857. The van der Waals surface area contributed by atoms with Crippen molar-refractivity contribution in [2.75, 3.05) is 19.8 Å². The Kier molecular flexibility index (Phi) is 3.31. The molecular weight excluding hydrogens is 160 g/mol. The molecule has 5 nitrogen and oxygen atoms in total. The molecular formula is C7H14N2O3. The van der Waals surface area contributed by atoms with Gasteiger partial charge in [0.25, 0.3) is 0 Å². The molecule has 1 aliphatic heterocycles. The van der Waals surface area contributed by atoms with E-state index < -0.39 is 0 Å². The third kappa shape index (κ3) is 2.35. The van der Waals surface area contributed by atoms with Crippen LogP contribution in [-0.2, 0) is 4.74 Å². The molecule has 0 aromatic heterocycles. The van der Waals surface area contributed by atoms with E-state index in [0.29, 0.717) is 25.9 Å². The van der Waals surface area contributed by atoms with Crippen LogP contribution in [-0.4, -0.2) is 42.0 Å². The minimum absolute atomic E-state index is 0.0854. The number of carbonyl (C=O) groups is 1. The summed E-state index contributed by atoms with van der Waals surface area (Å²) < 4.78 is 4.60. The second kappa shape index (κ2) is 4.27. The number of nitrogens with two attached hydrogens (primary N) is 1. The van der Waals surface area contributed by atoms with Gasteiger partial charge in [0.1, 0.15) is 6.73 Å². The first-order chi connectivity index (χ1) is 5.74. The van der Waals surface area contributed by atoms with Gasteiger partial charge in [-0.25, -0.2) is 4.79 Å². The lowest BCUT2D eigenvalue weighted by Crippen LogP contribution is -2.40. The molecule has 0 aromatic carbocycles. The third-order valence-electron chi connectivity index (χ3n) is 1.93. The Morgan fingerprint density at radius 3 is 2.67 bits per heavy atom. The van der Waals surface area contributed by atoms with Crippen LogP contribution in [0.1, 0.15) is 12.8 Å². The van der Waals surface area contributed by atoms with Gasteiger partial charge < -0.3 is 14.7 Å². The lowest BCUT2D eigenvalue weighted by Gasteiger charge is -2.28. The largest absolute Gasteiger partial charge is 0.434 e. The molecule has 3 N–H and O–H groups in total. The topological polar surface area (TPSA) is 75.8 Å². The summed E-state index contributed by atoms with van der Waals surface area (Å²) >= 11 is 0. The van der Waals surface area contributed by atoms with Gasteiger partial charge in [-0.3, -0.25) is 5.73 Å². The number of ether oxygens (including phenoxy) is 1. The van der Waals surface area contributed by atoms with Gasteiger partial charge in [0, 0.05) is 13.1 Å². The van der Waals surface area contributed by atoms with Gasteiger partial charge >= 0.3 is 6.09 Å². The lowest BCUT2D eigenvalue weighted by molar-refractivity contribution is 0.0604. The van der Waals surface area contributed by atoms with Crippen LogP contribution in [0, 0.1) is 0 Å². The molecule has 1 fully saturated rings. The van der Waals surface area contributed by atoms with Gasteiger partial charge in [0.05, 0.1) is 6.10 Å². The summed E-state index contributed by atoms with van der Waals surface area (Å²) in [5.74, 6) is 0. The minimum Gasteiger partial charge on any atom is -0.434 e. The zero-order chi connectivity index (χ0) is 8.97. The molecule has 0 saturated carbocycles. The Balaban J connectivity index is 2.29. The Morgan fingerprint density at radius 1 is 1.58 bits per heavy atom. The van der Waals surface area contributed by atoms with E-state index in [9.17, 15) is 4.79 Å². The second-order valence-electron chi connectivity index (χ2n) is 2.80. The maximum atomic E-state index is 11.0. The van der Waals surface area contributed by atoms with Crippen LogP contribution in [0.25, 0.3) is 0 Å². The number of hydrogen-bond donors (Lipinski definition) is 2. The van der Waals surface area contributed by atoms with Crippen molar-refractivity contribution in [1.29, 1.82) is 0 Å². The summed E-state index contributed by atoms with van der Waals surface area (Å²) in [5, 5.41) is 9.14. The SMILES string of the molecule is NCOC(=O)N1CCC(O)CC1. The molecule has 0 radical (unpaired) electrons. The Hall–Kier alpha value is -0.810. The number of amides is 1.